The van der Waals surface area contributed by atoms with Crippen LogP contribution >= 0.6 is 11.3 Å². The first-order chi connectivity index (χ1) is 10.4. The molecule has 3 nitrogen and oxygen atoms in total. The van der Waals surface area contributed by atoms with Gasteiger partial charge in [0.05, 0.1) is 0 Å². The summed E-state index contributed by atoms with van der Waals surface area (Å²) >= 11 is 1.70. The molecule has 0 unspecified atom stereocenters. The van der Waals surface area contributed by atoms with Gasteiger partial charge < -0.3 is 9.40 Å². The quantitative estimate of drug-likeness (QED) is 0.573. The van der Waals surface area contributed by atoms with Gasteiger partial charge in [-0.1, -0.05) is 12.1 Å². The molecule has 4 heteroatoms. The van der Waals surface area contributed by atoms with Crippen molar-refractivity contribution in [3.05, 3.63) is 66.5 Å². The van der Waals surface area contributed by atoms with Gasteiger partial charge in [-0.05, 0) is 35.7 Å². The Morgan fingerprint density at radius 3 is 2.76 bits per heavy atom. The predicted octanol–water partition coefficient (Wildman–Crippen LogP) is 5.07. The first-order valence-corrected chi connectivity index (χ1v) is 7.52. The SMILES string of the molecule is c1ccc(-c2occ(-c3ccc[nH]3)c2-c2cccs2)nc1. The minimum Gasteiger partial charge on any atom is -0.461 e. The van der Waals surface area contributed by atoms with Crippen LogP contribution in [0.5, 0.6) is 0 Å². The number of rotatable bonds is 3. The fourth-order valence-electron chi connectivity index (χ4n) is 2.40. The van der Waals surface area contributed by atoms with Crippen molar-refractivity contribution in [2.24, 2.45) is 0 Å². The van der Waals surface area contributed by atoms with Gasteiger partial charge in [-0.2, -0.15) is 0 Å². The van der Waals surface area contributed by atoms with E-state index in [2.05, 4.69) is 21.4 Å². The maximum Gasteiger partial charge on any atom is 0.161 e. The second-order valence-corrected chi connectivity index (χ2v) is 5.58. The molecule has 0 fully saturated rings. The van der Waals surface area contributed by atoms with E-state index in [4.69, 9.17) is 4.42 Å². The predicted molar refractivity (Wildman–Crippen MR) is 85.0 cm³/mol. The first kappa shape index (κ1) is 12.2. The lowest BCUT2D eigenvalue weighted by molar-refractivity contribution is 0.581. The maximum atomic E-state index is 5.85. The van der Waals surface area contributed by atoms with Gasteiger partial charge in [0.25, 0.3) is 0 Å². The number of nitrogens with one attached hydrogen (secondary N) is 1. The molecule has 0 aliphatic heterocycles. The van der Waals surface area contributed by atoms with Crippen molar-refractivity contribution in [2.45, 2.75) is 0 Å². The Morgan fingerprint density at radius 1 is 1.05 bits per heavy atom. The highest BCUT2D eigenvalue weighted by molar-refractivity contribution is 7.13. The first-order valence-electron chi connectivity index (χ1n) is 6.64. The number of hydrogen-bond donors (Lipinski definition) is 1. The van der Waals surface area contributed by atoms with Crippen LogP contribution in [0.15, 0.2) is 70.9 Å². The van der Waals surface area contributed by atoms with Crippen molar-refractivity contribution < 1.29 is 4.42 Å². The van der Waals surface area contributed by atoms with Gasteiger partial charge in [0.1, 0.15) is 12.0 Å². The Hall–Kier alpha value is -2.59. The van der Waals surface area contributed by atoms with E-state index in [1.165, 1.54) is 4.88 Å². The highest BCUT2D eigenvalue weighted by Gasteiger charge is 2.20. The van der Waals surface area contributed by atoms with Crippen LogP contribution in [-0.2, 0) is 0 Å². The summed E-state index contributed by atoms with van der Waals surface area (Å²) in [6.07, 6.45) is 5.50. The zero-order chi connectivity index (χ0) is 14.1. The van der Waals surface area contributed by atoms with E-state index in [9.17, 15) is 0 Å². The molecule has 21 heavy (non-hydrogen) atoms. The molecular weight excluding hydrogens is 280 g/mol. The molecule has 0 amide bonds. The summed E-state index contributed by atoms with van der Waals surface area (Å²) in [6, 6.07) is 14.0. The maximum absolute atomic E-state index is 5.85. The molecule has 0 aromatic carbocycles. The smallest absolute Gasteiger partial charge is 0.161 e. The van der Waals surface area contributed by atoms with Crippen molar-refractivity contribution in [3.63, 3.8) is 0 Å². The van der Waals surface area contributed by atoms with Crippen LogP contribution in [0.1, 0.15) is 0 Å². The molecule has 102 valence electrons. The molecular formula is C17H12N2OS. The van der Waals surface area contributed by atoms with E-state index in [1.54, 1.807) is 23.8 Å². The number of aromatic nitrogens is 2. The van der Waals surface area contributed by atoms with Gasteiger partial charge in [-0.3, -0.25) is 4.98 Å². The largest absolute Gasteiger partial charge is 0.461 e. The Balaban J connectivity index is 1.97. The lowest BCUT2D eigenvalue weighted by Crippen LogP contribution is -1.84. The van der Waals surface area contributed by atoms with Crippen LogP contribution in [0.3, 0.4) is 0 Å². The van der Waals surface area contributed by atoms with E-state index >= 15 is 0 Å². The molecule has 4 rings (SSSR count). The van der Waals surface area contributed by atoms with E-state index in [-0.39, 0.29) is 0 Å². The zero-order valence-corrected chi connectivity index (χ0v) is 11.9. The Labute approximate surface area is 125 Å². The molecule has 4 aromatic heterocycles. The fraction of sp³-hybridized carbons (Fsp3) is 0. The van der Waals surface area contributed by atoms with E-state index in [0.717, 1.165) is 28.3 Å². The molecule has 0 atom stereocenters. The van der Waals surface area contributed by atoms with Crippen molar-refractivity contribution in [1.82, 2.24) is 9.97 Å². The van der Waals surface area contributed by atoms with Crippen LogP contribution < -0.4 is 0 Å². The minimum absolute atomic E-state index is 0.808. The average Bonchev–Trinajstić information content (AvgIpc) is 3.27. The summed E-state index contributed by atoms with van der Waals surface area (Å²) < 4.78 is 5.85. The normalized spacial score (nSPS) is 10.9. The van der Waals surface area contributed by atoms with Crippen molar-refractivity contribution in [1.29, 1.82) is 0 Å². The summed E-state index contributed by atoms with van der Waals surface area (Å²) in [6.45, 7) is 0. The molecule has 1 N–H and O–H groups in total. The van der Waals surface area contributed by atoms with Gasteiger partial charge in [-0.15, -0.1) is 11.3 Å². The summed E-state index contributed by atoms with van der Waals surface area (Å²) in [4.78, 5) is 8.83. The van der Waals surface area contributed by atoms with Crippen LogP contribution in [0.2, 0.25) is 0 Å². The van der Waals surface area contributed by atoms with Gasteiger partial charge in [0.15, 0.2) is 5.76 Å². The minimum atomic E-state index is 0.808. The lowest BCUT2D eigenvalue weighted by atomic mass is 10.0. The second-order valence-electron chi connectivity index (χ2n) is 4.63. The third-order valence-electron chi connectivity index (χ3n) is 3.34. The van der Waals surface area contributed by atoms with Crippen LogP contribution in [0.25, 0.3) is 33.2 Å². The molecule has 0 saturated heterocycles. The number of H-pyrrole nitrogens is 1. The highest BCUT2D eigenvalue weighted by atomic mass is 32.1. The van der Waals surface area contributed by atoms with E-state index in [0.29, 0.717) is 0 Å². The average molecular weight is 292 g/mol. The third kappa shape index (κ3) is 2.10. The van der Waals surface area contributed by atoms with Crippen LogP contribution in [0, 0.1) is 0 Å². The van der Waals surface area contributed by atoms with Gasteiger partial charge >= 0.3 is 0 Å². The number of hydrogen-bond acceptors (Lipinski definition) is 3. The van der Waals surface area contributed by atoms with Crippen molar-refractivity contribution >= 4 is 11.3 Å². The van der Waals surface area contributed by atoms with Gasteiger partial charge in [0.2, 0.25) is 0 Å². The molecule has 0 radical (unpaired) electrons. The van der Waals surface area contributed by atoms with Crippen LogP contribution in [-0.4, -0.2) is 9.97 Å². The van der Waals surface area contributed by atoms with Gasteiger partial charge in [-0.25, -0.2) is 0 Å². The molecule has 0 aliphatic carbocycles. The van der Waals surface area contributed by atoms with Gasteiger partial charge in [0, 0.05) is 34.1 Å². The monoisotopic (exact) mass is 292 g/mol. The van der Waals surface area contributed by atoms with Crippen molar-refractivity contribution in [2.75, 3.05) is 0 Å². The third-order valence-corrected chi connectivity index (χ3v) is 4.23. The lowest BCUT2D eigenvalue weighted by Gasteiger charge is -2.02. The molecule has 0 aliphatic rings. The molecule has 0 bridgehead atoms. The van der Waals surface area contributed by atoms with Crippen LogP contribution in [0.4, 0.5) is 0 Å². The Morgan fingerprint density at radius 2 is 2.05 bits per heavy atom. The summed E-state index contributed by atoms with van der Waals surface area (Å²) in [5.41, 5.74) is 4.04. The number of furan rings is 1. The topological polar surface area (TPSA) is 41.8 Å². The van der Waals surface area contributed by atoms with E-state index in [1.807, 2.05) is 42.6 Å². The number of nitrogens with zero attached hydrogens (tertiary/aromatic N) is 1. The number of pyridine rings is 1. The summed E-state index contributed by atoms with van der Waals surface area (Å²) in [5.74, 6) is 0.808. The van der Waals surface area contributed by atoms with Crippen molar-refractivity contribution in [3.8, 4) is 33.2 Å². The highest BCUT2D eigenvalue weighted by Crippen LogP contribution is 2.42. The zero-order valence-electron chi connectivity index (χ0n) is 11.1. The summed E-state index contributed by atoms with van der Waals surface area (Å²) in [5, 5.41) is 2.07. The Bertz CT molecular complexity index is 830. The molecule has 0 spiro atoms. The molecule has 4 aromatic rings. The second kappa shape index (κ2) is 5.07. The molecule has 0 saturated carbocycles. The number of thiophene rings is 1. The fourth-order valence-corrected chi connectivity index (χ4v) is 3.19. The Kier molecular flexibility index (Phi) is 2.94. The summed E-state index contributed by atoms with van der Waals surface area (Å²) in [7, 11) is 0. The standard InChI is InChI=1S/C17H12N2OS/c1-2-8-19-14(5-1)17-16(15-7-4-10-21-15)12(11-20-17)13-6-3-9-18-13/h1-11,18H. The number of aromatic amines is 1. The van der Waals surface area contributed by atoms with E-state index < -0.39 is 0 Å². The molecule has 4 heterocycles.